The number of non-ortho nitro benzene ring substituents is 1. The van der Waals surface area contributed by atoms with Crippen molar-refractivity contribution in [1.82, 2.24) is 0 Å². The molecule has 3 aromatic carbocycles. The number of anilines is 1. The molecule has 0 aliphatic carbocycles. The van der Waals surface area contributed by atoms with Crippen LogP contribution < -0.4 is 14.8 Å². The fourth-order valence-corrected chi connectivity index (χ4v) is 2.76. The molecule has 1 amide bonds. The zero-order valence-electron chi connectivity index (χ0n) is 15.4. The summed E-state index contributed by atoms with van der Waals surface area (Å²) in [5, 5.41) is 14.2. The molecule has 29 heavy (non-hydrogen) atoms. The van der Waals surface area contributed by atoms with Crippen LogP contribution in [0.5, 0.6) is 11.5 Å². The topological polar surface area (TPSA) is 90.7 Å². The molecular weight excluding hydrogens is 396 g/mol. The van der Waals surface area contributed by atoms with E-state index in [1.165, 1.54) is 25.3 Å². The van der Waals surface area contributed by atoms with E-state index >= 15 is 0 Å². The van der Waals surface area contributed by atoms with E-state index < -0.39 is 4.92 Å². The molecule has 148 valence electrons. The van der Waals surface area contributed by atoms with Crippen molar-refractivity contribution in [3.8, 4) is 11.5 Å². The highest BCUT2D eigenvalue weighted by atomic mass is 35.5. The molecule has 0 aliphatic heterocycles. The van der Waals surface area contributed by atoms with Gasteiger partial charge in [0.25, 0.3) is 11.6 Å². The third-order valence-corrected chi connectivity index (χ3v) is 4.48. The Morgan fingerprint density at radius 1 is 1.10 bits per heavy atom. The maximum atomic E-state index is 12.5. The largest absolute Gasteiger partial charge is 0.494 e. The van der Waals surface area contributed by atoms with Crippen molar-refractivity contribution in [2.24, 2.45) is 0 Å². The van der Waals surface area contributed by atoms with Crippen LogP contribution in [-0.2, 0) is 6.61 Å². The summed E-state index contributed by atoms with van der Waals surface area (Å²) in [6.45, 7) is 0.311. The number of nitro groups is 1. The molecule has 0 aliphatic rings. The fourth-order valence-electron chi connectivity index (χ4n) is 2.57. The number of hydrogen-bond acceptors (Lipinski definition) is 5. The summed E-state index contributed by atoms with van der Waals surface area (Å²) in [5.74, 6) is 0.413. The molecule has 7 nitrogen and oxygen atoms in total. The number of methoxy groups -OCH3 is 1. The monoisotopic (exact) mass is 412 g/mol. The van der Waals surface area contributed by atoms with Gasteiger partial charge in [0, 0.05) is 22.2 Å². The van der Waals surface area contributed by atoms with Crippen LogP contribution in [0.1, 0.15) is 15.9 Å². The number of rotatable bonds is 7. The second-order valence-corrected chi connectivity index (χ2v) is 6.41. The van der Waals surface area contributed by atoms with Gasteiger partial charge in [0.1, 0.15) is 18.1 Å². The van der Waals surface area contributed by atoms with Gasteiger partial charge in [0.05, 0.1) is 23.8 Å². The van der Waals surface area contributed by atoms with E-state index in [0.717, 1.165) is 5.56 Å². The molecule has 8 heteroatoms. The summed E-state index contributed by atoms with van der Waals surface area (Å²) in [7, 11) is 1.37. The number of nitrogens with zero attached hydrogens (tertiary/aromatic N) is 1. The molecule has 3 aromatic rings. The molecular formula is C21H17ClN2O5. The van der Waals surface area contributed by atoms with Crippen LogP contribution in [0.2, 0.25) is 5.02 Å². The maximum Gasteiger partial charge on any atom is 0.273 e. The number of carbonyl (C=O) groups is 1. The summed E-state index contributed by atoms with van der Waals surface area (Å²) in [6, 6.07) is 18.0. The maximum absolute atomic E-state index is 12.5. The number of hydrogen-bond donors (Lipinski definition) is 1. The summed E-state index contributed by atoms with van der Waals surface area (Å²) in [5.41, 5.74) is 1.47. The molecule has 0 atom stereocenters. The third-order valence-electron chi connectivity index (χ3n) is 4.11. The molecule has 0 aromatic heterocycles. The van der Waals surface area contributed by atoms with Crippen molar-refractivity contribution in [2.45, 2.75) is 6.61 Å². The van der Waals surface area contributed by atoms with E-state index in [2.05, 4.69) is 5.32 Å². The Morgan fingerprint density at radius 3 is 2.48 bits per heavy atom. The van der Waals surface area contributed by atoms with E-state index in [0.29, 0.717) is 28.6 Å². The minimum Gasteiger partial charge on any atom is -0.494 e. The highest BCUT2D eigenvalue weighted by Crippen LogP contribution is 2.29. The van der Waals surface area contributed by atoms with Gasteiger partial charge in [-0.15, -0.1) is 0 Å². The third kappa shape index (κ3) is 5.03. The Labute approximate surface area is 172 Å². The standard InChI is InChI=1S/C21H17ClN2O5/c1-28-20-12-16(24(26)27)8-11-19(20)23-21(25)14-6-9-17(10-7-14)29-13-15-4-2-3-5-18(15)22/h2-12H,13H2,1H3,(H,23,25). The van der Waals surface area contributed by atoms with Crippen molar-refractivity contribution in [1.29, 1.82) is 0 Å². The minimum atomic E-state index is -0.532. The molecule has 0 radical (unpaired) electrons. The van der Waals surface area contributed by atoms with Crippen molar-refractivity contribution < 1.29 is 19.2 Å². The second kappa shape index (κ2) is 9.07. The molecule has 0 unspecified atom stereocenters. The van der Waals surface area contributed by atoms with E-state index in [9.17, 15) is 14.9 Å². The smallest absolute Gasteiger partial charge is 0.273 e. The number of halogens is 1. The molecule has 0 heterocycles. The zero-order valence-corrected chi connectivity index (χ0v) is 16.2. The van der Waals surface area contributed by atoms with Gasteiger partial charge < -0.3 is 14.8 Å². The fraction of sp³-hybridized carbons (Fsp3) is 0.0952. The Bertz CT molecular complexity index is 1040. The number of nitrogens with one attached hydrogen (secondary N) is 1. The van der Waals surface area contributed by atoms with Gasteiger partial charge in [-0.2, -0.15) is 0 Å². The normalized spacial score (nSPS) is 10.3. The lowest BCUT2D eigenvalue weighted by molar-refractivity contribution is -0.384. The summed E-state index contributed by atoms with van der Waals surface area (Å²) in [6.07, 6.45) is 0. The van der Waals surface area contributed by atoms with E-state index in [1.807, 2.05) is 18.2 Å². The van der Waals surface area contributed by atoms with E-state index in [-0.39, 0.29) is 17.3 Å². The quantitative estimate of drug-likeness (QED) is 0.431. The van der Waals surface area contributed by atoms with Crippen LogP contribution >= 0.6 is 11.6 Å². The first-order chi connectivity index (χ1) is 14.0. The van der Waals surface area contributed by atoms with Crippen molar-refractivity contribution >= 4 is 28.9 Å². The van der Waals surface area contributed by atoms with Gasteiger partial charge >= 0.3 is 0 Å². The Balaban J connectivity index is 1.66. The highest BCUT2D eigenvalue weighted by Gasteiger charge is 2.14. The van der Waals surface area contributed by atoms with Gasteiger partial charge in [-0.25, -0.2) is 0 Å². The second-order valence-electron chi connectivity index (χ2n) is 6.00. The van der Waals surface area contributed by atoms with E-state index in [4.69, 9.17) is 21.1 Å². The van der Waals surface area contributed by atoms with Gasteiger partial charge in [-0.3, -0.25) is 14.9 Å². The summed E-state index contributed by atoms with van der Waals surface area (Å²) < 4.78 is 10.8. The first kappa shape index (κ1) is 20.2. The average Bonchev–Trinajstić information content (AvgIpc) is 2.73. The van der Waals surface area contributed by atoms with Gasteiger partial charge in [0.2, 0.25) is 0 Å². The Kier molecular flexibility index (Phi) is 6.31. The van der Waals surface area contributed by atoms with Crippen LogP contribution in [0.4, 0.5) is 11.4 Å². The predicted molar refractivity (Wildman–Crippen MR) is 110 cm³/mol. The van der Waals surface area contributed by atoms with Crippen LogP contribution in [0, 0.1) is 10.1 Å². The van der Waals surface area contributed by atoms with Crippen LogP contribution in [0.25, 0.3) is 0 Å². The molecule has 0 fully saturated rings. The van der Waals surface area contributed by atoms with Gasteiger partial charge in [0.15, 0.2) is 0 Å². The van der Waals surface area contributed by atoms with Crippen LogP contribution in [-0.4, -0.2) is 17.9 Å². The predicted octanol–water partition coefficient (Wildman–Crippen LogP) is 5.09. The Morgan fingerprint density at radius 2 is 1.83 bits per heavy atom. The lowest BCUT2D eigenvalue weighted by atomic mass is 10.2. The molecule has 0 bridgehead atoms. The number of nitro benzene ring substituents is 1. The molecule has 0 saturated carbocycles. The van der Waals surface area contributed by atoms with Gasteiger partial charge in [-0.1, -0.05) is 29.8 Å². The van der Waals surface area contributed by atoms with Crippen LogP contribution in [0.15, 0.2) is 66.7 Å². The molecule has 0 saturated heterocycles. The summed E-state index contributed by atoms with van der Waals surface area (Å²) >= 11 is 6.11. The highest BCUT2D eigenvalue weighted by molar-refractivity contribution is 6.31. The average molecular weight is 413 g/mol. The summed E-state index contributed by atoms with van der Waals surface area (Å²) in [4.78, 5) is 22.8. The zero-order chi connectivity index (χ0) is 20.8. The SMILES string of the molecule is COc1cc([N+](=O)[O-])ccc1NC(=O)c1ccc(OCc2ccccc2Cl)cc1. The van der Waals surface area contributed by atoms with Gasteiger partial charge in [-0.05, 0) is 36.4 Å². The first-order valence-corrected chi connectivity index (χ1v) is 8.96. The lowest BCUT2D eigenvalue weighted by Crippen LogP contribution is -2.12. The Hall–Kier alpha value is -3.58. The number of ether oxygens (including phenoxy) is 2. The lowest BCUT2D eigenvalue weighted by Gasteiger charge is -2.11. The van der Waals surface area contributed by atoms with Crippen molar-refractivity contribution in [3.63, 3.8) is 0 Å². The minimum absolute atomic E-state index is 0.125. The molecule has 0 spiro atoms. The molecule has 3 rings (SSSR count). The number of carbonyl (C=O) groups excluding carboxylic acids is 1. The van der Waals surface area contributed by atoms with Crippen molar-refractivity contribution in [3.05, 3.63) is 93.0 Å². The van der Waals surface area contributed by atoms with Crippen molar-refractivity contribution in [2.75, 3.05) is 12.4 Å². The number of amides is 1. The first-order valence-electron chi connectivity index (χ1n) is 8.58. The van der Waals surface area contributed by atoms with Crippen LogP contribution in [0.3, 0.4) is 0 Å². The van der Waals surface area contributed by atoms with E-state index in [1.54, 1.807) is 30.3 Å². The number of benzene rings is 3. The molecule has 1 N–H and O–H groups in total.